The zero-order chi connectivity index (χ0) is 19.2. The van der Waals surface area contributed by atoms with E-state index in [9.17, 15) is 18.0 Å². The van der Waals surface area contributed by atoms with E-state index in [0.717, 1.165) is 5.56 Å². The highest BCUT2D eigenvalue weighted by molar-refractivity contribution is 7.89. The van der Waals surface area contributed by atoms with Gasteiger partial charge in [0.2, 0.25) is 10.0 Å². The molecule has 0 radical (unpaired) electrons. The number of unbranched alkanes of at least 4 members (excludes halogenated alkanes) is 2. The Morgan fingerprint density at radius 2 is 1.73 bits per heavy atom. The first kappa shape index (κ1) is 20.1. The van der Waals surface area contributed by atoms with Gasteiger partial charge in [0.25, 0.3) is 5.56 Å². The Bertz CT molecular complexity index is 931. The van der Waals surface area contributed by atoms with Crippen LogP contribution in [0.15, 0.2) is 52.2 Å². The summed E-state index contributed by atoms with van der Waals surface area (Å²) in [5.41, 5.74) is -0.648. The van der Waals surface area contributed by atoms with Crippen LogP contribution in [0.3, 0.4) is 0 Å². The van der Waals surface area contributed by atoms with E-state index >= 15 is 0 Å². The van der Waals surface area contributed by atoms with E-state index in [-0.39, 0.29) is 5.75 Å². The highest BCUT2D eigenvalue weighted by Crippen LogP contribution is 2.20. The van der Waals surface area contributed by atoms with Gasteiger partial charge >= 0.3 is 5.69 Å². The first-order valence-corrected chi connectivity index (χ1v) is 10.2. The Kier molecular flexibility index (Phi) is 6.55. The fraction of sp³-hybridized carbons (Fsp3) is 0.444. The van der Waals surface area contributed by atoms with E-state index in [1.807, 2.05) is 44.2 Å². The molecule has 26 heavy (non-hydrogen) atoms. The maximum absolute atomic E-state index is 12.3. The van der Waals surface area contributed by atoms with Gasteiger partial charge in [-0.25, -0.2) is 17.9 Å². The zero-order valence-corrected chi connectivity index (χ0v) is 15.9. The van der Waals surface area contributed by atoms with Crippen LogP contribution < -0.4 is 16.0 Å². The monoisotopic (exact) mass is 379 g/mol. The number of rotatable bonds is 9. The Hall–Kier alpha value is -2.19. The molecule has 2 N–H and O–H groups in total. The molecule has 1 heterocycles. The molecule has 1 aromatic heterocycles. The molecule has 0 aliphatic heterocycles. The first-order chi connectivity index (χ1) is 12.2. The minimum Gasteiger partial charge on any atom is -0.301 e. The van der Waals surface area contributed by atoms with Crippen molar-refractivity contribution in [3.05, 3.63) is 69.0 Å². The maximum atomic E-state index is 12.3. The van der Waals surface area contributed by atoms with E-state index in [0.29, 0.717) is 25.8 Å². The third-order valence-electron chi connectivity index (χ3n) is 4.12. The van der Waals surface area contributed by atoms with Crippen molar-refractivity contribution in [2.24, 2.45) is 0 Å². The molecule has 0 spiro atoms. The van der Waals surface area contributed by atoms with Crippen molar-refractivity contribution >= 4 is 10.0 Å². The number of nitrogens with zero attached hydrogens (tertiary/aromatic N) is 1. The normalized spacial score (nSPS) is 12.2. The minimum absolute atomic E-state index is 0.0315. The van der Waals surface area contributed by atoms with Crippen molar-refractivity contribution in [3.8, 4) is 0 Å². The molecule has 142 valence electrons. The van der Waals surface area contributed by atoms with Gasteiger partial charge in [-0.3, -0.25) is 9.78 Å². The molecular weight excluding hydrogens is 354 g/mol. The van der Waals surface area contributed by atoms with Crippen LogP contribution in [-0.2, 0) is 22.1 Å². The number of aromatic amines is 1. The molecule has 0 aliphatic carbocycles. The summed E-state index contributed by atoms with van der Waals surface area (Å²) < 4.78 is 28.8. The van der Waals surface area contributed by atoms with Crippen molar-refractivity contribution in [1.29, 1.82) is 0 Å². The summed E-state index contributed by atoms with van der Waals surface area (Å²) in [6.45, 7) is 4.11. The fourth-order valence-electron chi connectivity index (χ4n) is 2.72. The SMILES string of the molecule is CC(C)(NS(=O)(=O)CCCCCn1ccc(=O)[nH]c1=O)c1ccccc1. The smallest absolute Gasteiger partial charge is 0.301 e. The van der Waals surface area contributed by atoms with Crippen LogP contribution in [0.2, 0.25) is 0 Å². The van der Waals surface area contributed by atoms with Gasteiger partial charge in [-0.15, -0.1) is 0 Å². The topological polar surface area (TPSA) is 101 Å². The molecule has 8 heteroatoms. The lowest BCUT2D eigenvalue weighted by atomic mass is 9.96. The quantitative estimate of drug-likeness (QED) is 0.646. The molecule has 1 aromatic carbocycles. The van der Waals surface area contributed by atoms with Gasteiger partial charge < -0.3 is 4.57 Å². The van der Waals surface area contributed by atoms with Crippen LogP contribution in [0.5, 0.6) is 0 Å². The van der Waals surface area contributed by atoms with Crippen LogP contribution in [0.25, 0.3) is 0 Å². The lowest BCUT2D eigenvalue weighted by Crippen LogP contribution is -2.42. The number of sulfonamides is 1. The molecule has 0 atom stereocenters. The van der Waals surface area contributed by atoms with Crippen LogP contribution >= 0.6 is 0 Å². The summed E-state index contributed by atoms with van der Waals surface area (Å²) in [7, 11) is -3.41. The van der Waals surface area contributed by atoms with Crippen molar-refractivity contribution < 1.29 is 8.42 Å². The molecule has 0 amide bonds. The Balaban J connectivity index is 1.81. The summed E-state index contributed by atoms with van der Waals surface area (Å²) in [6, 6.07) is 10.7. The zero-order valence-electron chi connectivity index (χ0n) is 15.1. The summed E-state index contributed by atoms with van der Waals surface area (Å²) in [5, 5.41) is 0. The van der Waals surface area contributed by atoms with E-state index in [4.69, 9.17) is 0 Å². The molecule has 0 bridgehead atoms. The second-order valence-electron chi connectivity index (χ2n) is 6.78. The van der Waals surface area contributed by atoms with E-state index in [2.05, 4.69) is 9.71 Å². The number of hydrogen-bond donors (Lipinski definition) is 2. The van der Waals surface area contributed by atoms with Crippen LogP contribution in [0, 0.1) is 0 Å². The number of nitrogens with one attached hydrogen (secondary N) is 2. The number of aromatic nitrogens is 2. The van der Waals surface area contributed by atoms with Crippen molar-refractivity contribution in [3.63, 3.8) is 0 Å². The average molecular weight is 379 g/mol. The molecule has 2 rings (SSSR count). The Labute approximate surface area is 153 Å². The van der Waals surface area contributed by atoms with Crippen molar-refractivity contribution in [1.82, 2.24) is 14.3 Å². The van der Waals surface area contributed by atoms with Gasteiger partial charge in [-0.2, -0.15) is 0 Å². The predicted molar refractivity (Wildman–Crippen MR) is 102 cm³/mol. The molecule has 7 nitrogen and oxygen atoms in total. The van der Waals surface area contributed by atoms with E-state index in [1.165, 1.54) is 16.8 Å². The second-order valence-corrected chi connectivity index (χ2v) is 8.62. The molecular formula is C18H25N3O4S. The van der Waals surface area contributed by atoms with E-state index in [1.54, 1.807) is 0 Å². The maximum Gasteiger partial charge on any atom is 0.328 e. The average Bonchev–Trinajstić information content (AvgIpc) is 2.56. The third kappa shape index (κ3) is 5.96. The molecule has 0 saturated heterocycles. The van der Waals surface area contributed by atoms with Gasteiger partial charge in [0.15, 0.2) is 0 Å². The van der Waals surface area contributed by atoms with Crippen LogP contribution in [0.1, 0.15) is 38.7 Å². The number of aryl methyl sites for hydroxylation is 1. The van der Waals surface area contributed by atoms with Crippen molar-refractivity contribution in [2.45, 2.75) is 45.2 Å². The minimum atomic E-state index is -3.41. The first-order valence-electron chi connectivity index (χ1n) is 8.57. The largest absolute Gasteiger partial charge is 0.328 e. The number of hydrogen-bond acceptors (Lipinski definition) is 4. The van der Waals surface area contributed by atoms with Gasteiger partial charge in [-0.1, -0.05) is 36.8 Å². The lowest BCUT2D eigenvalue weighted by molar-refractivity contribution is 0.470. The summed E-state index contributed by atoms with van der Waals surface area (Å²) in [5.74, 6) is 0.0315. The van der Waals surface area contributed by atoms with Crippen molar-refractivity contribution in [2.75, 3.05) is 5.75 Å². The lowest BCUT2D eigenvalue weighted by Gasteiger charge is -2.26. The Morgan fingerprint density at radius 3 is 2.38 bits per heavy atom. The fourth-order valence-corrected chi connectivity index (χ4v) is 4.31. The summed E-state index contributed by atoms with van der Waals surface area (Å²) >= 11 is 0. The van der Waals surface area contributed by atoms with Gasteiger partial charge in [-0.05, 0) is 32.3 Å². The highest BCUT2D eigenvalue weighted by atomic mass is 32.2. The second kappa shape index (κ2) is 8.46. The number of H-pyrrole nitrogens is 1. The van der Waals surface area contributed by atoms with E-state index < -0.39 is 26.8 Å². The molecule has 0 saturated carbocycles. The van der Waals surface area contributed by atoms with Gasteiger partial charge in [0.1, 0.15) is 0 Å². The predicted octanol–water partition coefficient (Wildman–Crippen LogP) is 1.56. The molecule has 2 aromatic rings. The van der Waals surface area contributed by atoms with Gasteiger partial charge in [0.05, 0.1) is 11.3 Å². The summed E-state index contributed by atoms with van der Waals surface area (Å²) in [4.78, 5) is 24.8. The van der Waals surface area contributed by atoms with Crippen LogP contribution in [0.4, 0.5) is 0 Å². The molecule has 0 aliphatic rings. The Morgan fingerprint density at radius 1 is 1.04 bits per heavy atom. The highest BCUT2D eigenvalue weighted by Gasteiger charge is 2.26. The molecule has 0 fully saturated rings. The number of benzene rings is 1. The summed E-state index contributed by atoms with van der Waals surface area (Å²) in [6.07, 6.45) is 3.27. The third-order valence-corrected chi connectivity index (χ3v) is 5.76. The van der Waals surface area contributed by atoms with Gasteiger partial charge in [0, 0.05) is 18.8 Å². The van der Waals surface area contributed by atoms with Crippen LogP contribution in [-0.4, -0.2) is 23.7 Å². The standard InChI is InChI=1S/C18H25N3O4S/c1-18(2,15-9-5-3-6-10-15)20-26(24,25)14-8-4-7-12-21-13-11-16(22)19-17(21)23/h3,5-6,9-11,13,20H,4,7-8,12,14H2,1-2H3,(H,19,22,23). The molecule has 0 unspecified atom stereocenters.